The van der Waals surface area contributed by atoms with Crippen LogP contribution in [0.3, 0.4) is 0 Å². The molecule has 3 rings (SSSR count). The van der Waals surface area contributed by atoms with Crippen LogP contribution in [-0.2, 0) is 21.2 Å². The van der Waals surface area contributed by atoms with E-state index in [2.05, 4.69) is 10.2 Å². The number of anilines is 1. The molecule has 0 radical (unpaired) electrons. The van der Waals surface area contributed by atoms with Gasteiger partial charge in [0.25, 0.3) is 5.91 Å². The minimum absolute atomic E-state index is 0.0783. The highest BCUT2D eigenvalue weighted by molar-refractivity contribution is 7.89. The van der Waals surface area contributed by atoms with E-state index in [4.69, 9.17) is 4.74 Å². The second-order valence-electron chi connectivity index (χ2n) is 8.24. The van der Waals surface area contributed by atoms with Crippen molar-refractivity contribution < 1.29 is 22.7 Å². The summed E-state index contributed by atoms with van der Waals surface area (Å²) in [6.45, 7) is 6.23. The second kappa shape index (κ2) is 10.1. The van der Waals surface area contributed by atoms with Crippen molar-refractivity contribution in [1.29, 1.82) is 0 Å². The van der Waals surface area contributed by atoms with Gasteiger partial charge in [-0.25, -0.2) is 13.2 Å². The van der Waals surface area contributed by atoms with E-state index in [0.717, 1.165) is 5.56 Å². The van der Waals surface area contributed by atoms with Crippen LogP contribution in [0.25, 0.3) is 0 Å². The molecule has 0 saturated carbocycles. The van der Waals surface area contributed by atoms with Crippen molar-refractivity contribution in [2.45, 2.75) is 25.2 Å². The summed E-state index contributed by atoms with van der Waals surface area (Å²) in [6, 6.07) is 5.98. The maximum Gasteiger partial charge on any atom is 0.341 e. The molecule has 0 aliphatic carbocycles. The van der Waals surface area contributed by atoms with Gasteiger partial charge < -0.3 is 15.0 Å². The lowest BCUT2D eigenvalue weighted by Gasteiger charge is -2.31. The van der Waals surface area contributed by atoms with E-state index in [1.54, 1.807) is 12.1 Å². The number of carbonyl (C=O) groups is 2. The minimum atomic E-state index is -3.69. The Balaban J connectivity index is 1.84. The molecule has 1 aromatic carbocycles. The van der Waals surface area contributed by atoms with Crippen molar-refractivity contribution >= 4 is 38.2 Å². The number of thiophene rings is 1. The Kier molecular flexibility index (Phi) is 7.71. The van der Waals surface area contributed by atoms with E-state index in [1.165, 1.54) is 34.9 Å². The Bertz CT molecular complexity index is 1090. The number of rotatable bonds is 7. The Labute approximate surface area is 193 Å². The molecule has 0 atom stereocenters. The Morgan fingerprint density at radius 1 is 1.19 bits per heavy atom. The van der Waals surface area contributed by atoms with Gasteiger partial charge in [-0.15, -0.1) is 11.3 Å². The topological polar surface area (TPSA) is 96.0 Å². The van der Waals surface area contributed by atoms with Crippen LogP contribution in [0.4, 0.5) is 5.00 Å². The number of nitrogens with zero attached hydrogens (tertiary/aromatic N) is 2. The minimum Gasteiger partial charge on any atom is -0.465 e. The van der Waals surface area contributed by atoms with Gasteiger partial charge in [-0.05, 0) is 48.5 Å². The smallest absolute Gasteiger partial charge is 0.341 e. The predicted molar refractivity (Wildman–Crippen MR) is 125 cm³/mol. The largest absolute Gasteiger partial charge is 0.465 e. The molecule has 1 aliphatic heterocycles. The van der Waals surface area contributed by atoms with Crippen LogP contribution in [0.15, 0.2) is 34.5 Å². The molecule has 0 bridgehead atoms. The van der Waals surface area contributed by atoms with E-state index in [-0.39, 0.29) is 10.5 Å². The van der Waals surface area contributed by atoms with Crippen LogP contribution in [0.1, 0.15) is 40.1 Å². The van der Waals surface area contributed by atoms with Crippen molar-refractivity contribution in [1.82, 2.24) is 9.21 Å². The van der Waals surface area contributed by atoms with E-state index >= 15 is 0 Å². The molecule has 1 N–H and O–H groups in total. The Morgan fingerprint density at radius 2 is 1.88 bits per heavy atom. The quantitative estimate of drug-likeness (QED) is 0.614. The zero-order valence-electron chi connectivity index (χ0n) is 18.8. The maximum absolute atomic E-state index is 13.0. The molecule has 0 unspecified atom stereocenters. The van der Waals surface area contributed by atoms with Crippen molar-refractivity contribution in [3.8, 4) is 0 Å². The van der Waals surface area contributed by atoms with Gasteiger partial charge in [0.15, 0.2) is 0 Å². The summed E-state index contributed by atoms with van der Waals surface area (Å²) in [7, 11) is -0.438. The van der Waals surface area contributed by atoms with Gasteiger partial charge in [-0.1, -0.05) is 19.9 Å². The number of benzene rings is 1. The van der Waals surface area contributed by atoms with E-state index in [9.17, 15) is 18.0 Å². The van der Waals surface area contributed by atoms with Gasteiger partial charge in [0.05, 0.1) is 17.6 Å². The molecular formula is C22H29N3O5S2. The molecule has 1 aliphatic rings. The third-order valence-electron chi connectivity index (χ3n) is 5.31. The summed E-state index contributed by atoms with van der Waals surface area (Å²) in [5, 5.41) is 5.00. The number of piperazine rings is 1. The number of carbonyl (C=O) groups excluding carboxylic acids is 2. The lowest BCUT2D eigenvalue weighted by molar-refractivity contribution is 0.0601. The molecule has 1 amide bonds. The fourth-order valence-corrected chi connectivity index (χ4v) is 5.98. The number of likely N-dealkylation sites (N-methyl/N-ethyl adjacent to an activating group) is 1. The molecule has 0 spiro atoms. The number of ether oxygens (including phenoxy) is 1. The van der Waals surface area contributed by atoms with Crippen LogP contribution >= 0.6 is 11.3 Å². The summed E-state index contributed by atoms with van der Waals surface area (Å²) in [5.41, 5.74) is 1.37. The van der Waals surface area contributed by atoms with E-state index in [0.29, 0.717) is 49.1 Å². The molecule has 8 nitrogen and oxygen atoms in total. The summed E-state index contributed by atoms with van der Waals surface area (Å²) in [6.07, 6.45) is 0.676. The van der Waals surface area contributed by atoms with Crippen LogP contribution in [-0.4, -0.2) is 69.8 Å². The fraction of sp³-hybridized carbons (Fsp3) is 0.455. The average molecular weight is 480 g/mol. The molecule has 10 heteroatoms. The zero-order valence-corrected chi connectivity index (χ0v) is 20.4. The number of esters is 1. The maximum atomic E-state index is 13.0. The van der Waals surface area contributed by atoms with Crippen molar-refractivity contribution in [3.63, 3.8) is 0 Å². The standard InChI is InChI=1S/C22H29N3O5S2/c1-15(2)12-17-14-31-21(19(17)22(27)30-4)23-20(26)16-6-5-7-18(13-16)32(28,29)25-10-8-24(3)9-11-25/h5-7,13-15H,8-12H2,1-4H3,(H,23,26). The summed E-state index contributed by atoms with van der Waals surface area (Å²) < 4.78 is 32.4. The first-order chi connectivity index (χ1) is 15.1. The molecule has 1 fully saturated rings. The number of amides is 1. The van der Waals surface area contributed by atoms with Crippen molar-refractivity contribution in [2.75, 3.05) is 45.7 Å². The molecule has 1 aromatic heterocycles. The van der Waals surface area contributed by atoms with Gasteiger partial charge in [0.2, 0.25) is 10.0 Å². The highest BCUT2D eigenvalue weighted by Crippen LogP contribution is 2.31. The summed E-state index contributed by atoms with van der Waals surface area (Å²) in [4.78, 5) is 27.4. The lowest BCUT2D eigenvalue weighted by Crippen LogP contribution is -2.47. The van der Waals surface area contributed by atoms with Crippen LogP contribution in [0, 0.1) is 5.92 Å². The number of methoxy groups -OCH3 is 1. The van der Waals surface area contributed by atoms with E-state index in [1.807, 2.05) is 26.3 Å². The molecule has 2 aromatic rings. The number of hydrogen-bond donors (Lipinski definition) is 1. The average Bonchev–Trinajstić information content (AvgIpc) is 3.14. The highest BCUT2D eigenvalue weighted by Gasteiger charge is 2.28. The first kappa shape index (κ1) is 24.4. The highest BCUT2D eigenvalue weighted by atomic mass is 32.2. The van der Waals surface area contributed by atoms with Gasteiger partial charge >= 0.3 is 5.97 Å². The fourth-order valence-electron chi connectivity index (χ4n) is 3.55. The molecule has 174 valence electrons. The lowest BCUT2D eigenvalue weighted by atomic mass is 10.0. The van der Waals surface area contributed by atoms with Gasteiger partial charge in [-0.3, -0.25) is 4.79 Å². The summed E-state index contributed by atoms with van der Waals surface area (Å²) in [5.74, 6) is -0.667. The predicted octanol–water partition coefficient (Wildman–Crippen LogP) is 2.92. The van der Waals surface area contributed by atoms with Crippen molar-refractivity contribution in [3.05, 3.63) is 46.3 Å². The third-order valence-corrected chi connectivity index (χ3v) is 8.15. The van der Waals surface area contributed by atoms with Crippen LogP contribution in [0.5, 0.6) is 0 Å². The normalized spacial score (nSPS) is 15.7. The van der Waals surface area contributed by atoms with E-state index < -0.39 is 21.9 Å². The van der Waals surface area contributed by atoms with Gasteiger partial charge in [0, 0.05) is 31.7 Å². The first-order valence-electron chi connectivity index (χ1n) is 10.4. The molecule has 1 saturated heterocycles. The number of nitrogens with one attached hydrogen (secondary N) is 1. The first-order valence-corrected chi connectivity index (χ1v) is 12.7. The summed E-state index contributed by atoms with van der Waals surface area (Å²) >= 11 is 1.25. The molecular weight excluding hydrogens is 450 g/mol. The van der Waals surface area contributed by atoms with Crippen LogP contribution < -0.4 is 5.32 Å². The molecule has 32 heavy (non-hydrogen) atoms. The Hall–Kier alpha value is -2.27. The second-order valence-corrected chi connectivity index (χ2v) is 11.1. The monoisotopic (exact) mass is 479 g/mol. The van der Waals surface area contributed by atoms with Gasteiger partial charge in [-0.2, -0.15) is 4.31 Å². The number of sulfonamides is 1. The van der Waals surface area contributed by atoms with Crippen molar-refractivity contribution in [2.24, 2.45) is 5.92 Å². The number of hydrogen-bond acceptors (Lipinski definition) is 7. The van der Waals surface area contributed by atoms with Crippen LogP contribution in [0.2, 0.25) is 0 Å². The zero-order chi connectivity index (χ0) is 23.5. The SMILES string of the molecule is COC(=O)c1c(CC(C)C)csc1NC(=O)c1cccc(S(=O)(=O)N2CCN(C)CC2)c1. The third kappa shape index (κ3) is 5.37. The Morgan fingerprint density at radius 3 is 2.50 bits per heavy atom. The van der Waals surface area contributed by atoms with Gasteiger partial charge in [0.1, 0.15) is 5.00 Å². The molecule has 2 heterocycles.